The highest BCUT2D eigenvalue weighted by Crippen LogP contribution is 2.32. The summed E-state index contributed by atoms with van der Waals surface area (Å²) < 4.78 is 0. The number of hydrogen-bond donors (Lipinski definition) is 1. The van der Waals surface area contributed by atoms with Crippen molar-refractivity contribution >= 4 is 76.1 Å². The van der Waals surface area contributed by atoms with E-state index in [4.69, 9.17) is 0 Å². The molecular weight excluding hydrogens is 1270 g/mol. The lowest BCUT2D eigenvalue weighted by Crippen LogP contribution is -2.08. The molecule has 1 aliphatic rings. The van der Waals surface area contributed by atoms with E-state index in [-0.39, 0.29) is 5.56 Å². The summed E-state index contributed by atoms with van der Waals surface area (Å²) in [5.74, 6) is 0.802. The van der Waals surface area contributed by atoms with Gasteiger partial charge in [0.05, 0.1) is 22.1 Å². The molecule has 7 nitrogen and oxygen atoms in total. The van der Waals surface area contributed by atoms with E-state index in [0.717, 1.165) is 55.5 Å². The minimum Gasteiger partial charge on any atom is -0.322 e. The van der Waals surface area contributed by atoms with Crippen molar-refractivity contribution in [3.8, 4) is 0 Å². The second-order valence-corrected chi connectivity index (χ2v) is 22.2. The van der Waals surface area contributed by atoms with Crippen molar-refractivity contribution in [1.29, 1.82) is 0 Å². The van der Waals surface area contributed by atoms with Crippen molar-refractivity contribution in [2.24, 2.45) is 0 Å². The summed E-state index contributed by atoms with van der Waals surface area (Å²) >= 11 is 0. The topological polar surface area (TPSA) is 97.3 Å². The van der Waals surface area contributed by atoms with Crippen LogP contribution in [0.1, 0.15) is 180 Å². The second-order valence-electron chi connectivity index (χ2n) is 22.2. The van der Waals surface area contributed by atoms with Gasteiger partial charge in [0.15, 0.2) is 0 Å². The minimum atomic E-state index is -0.00583. The summed E-state index contributed by atoms with van der Waals surface area (Å²) in [5, 5.41) is 11.1. The number of fused-ring (bicyclic) bond motifs is 8. The molecule has 1 N–H and O–H groups in total. The zero-order valence-corrected chi connectivity index (χ0v) is 67.7. The largest absolute Gasteiger partial charge is 0.322 e. The van der Waals surface area contributed by atoms with Crippen molar-refractivity contribution in [1.82, 2.24) is 29.9 Å². The molecule has 7 heteroatoms. The lowest BCUT2D eigenvalue weighted by molar-refractivity contribution is 0.747. The van der Waals surface area contributed by atoms with Crippen LogP contribution in [0, 0.1) is 48.5 Å². The van der Waals surface area contributed by atoms with Crippen molar-refractivity contribution in [3.63, 3.8) is 0 Å². The molecule has 0 spiro atoms. The first-order valence-corrected chi connectivity index (χ1v) is 38.0. The number of pyridine rings is 6. The summed E-state index contributed by atoms with van der Waals surface area (Å²) in [7, 11) is 0. The van der Waals surface area contributed by atoms with Crippen molar-refractivity contribution in [2.75, 3.05) is 0 Å². The molecule has 548 valence electrons. The molecule has 104 heavy (non-hydrogen) atoms. The standard InChI is InChI=1S/2C11H10.C10H9NO.3C10H9N.C10H12.C9H8N2.8C2H6/c1-9-5-4-7-10-6-2-3-8-11(9)10;1-9-6-7-10-4-2-3-5-11(10)8-9;1-7-6-8-4-2-3-5-9(8)11-10(7)12;1-8-4-2-5-9-6-3-7-11-10(8)9;1-8-4-5-9-3-2-6-11-10(9)7-8;1-8-6-9-4-2-3-5-10(9)11-7-8;1-8-6-7-9-4-2-3-5-10(8)9;1-7-2-3-8-6-10-5-4-9(8)11-7;8*1-2/h2*2-8H,1H3;2-6H,1H3,(H,11,12);3*2-7H,1H3;2-5,8H,6-7H2,1H3;2-6H,1H3;8*1-2H3. The molecule has 1 unspecified atom stereocenters. The van der Waals surface area contributed by atoms with E-state index in [1.807, 2.05) is 228 Å². The lowest BCUT2D eigenvalue weighted by Gasteiger charge is -2.01. The maximum Gasteiger partial charge on any atom is 0.251 e. The number of aryl methyl sites for hydroxylation is 8. The first-order chi connectivity index (χ1) is 50.8. The van der Waals surface area contributed by atoms with Crippen LogP contribution in [0.25, 0.3) is 76.1 Å². The Balaban J connectivity index is 0.000000578. The summed E-state index contributed by atoms with van der Waals surface area (Å²) in [5.41, 5.74) is 16.5. The normalized spacial score (nSPS) is 10.4. The van der Waals surface area contributed by atoms with E-state index in [1.165, 1.54) is 78.4 Å². The van der Waals surface area contributed by atoms with Crippen LogP contribution in [0.3, 0.4) is 0 Å². The average molecular weight is 1390 g/mol. The van der Waals surface area contributed by atoms with Crippen LogP contribution in [0.2, 0.25) is 0 Å². The number of H-pyrrole nitrogens is 1. The quantitative estimate of drug-likeness (QED) is 0.162. The molecule has 9 aromatic carbocycles. The Morgan fingerprint density at radius 2 is 0.846 bits per heavy atom. The molecule has 16 rings (SSSR count). The van der Waals surface area contributed by atoms with E-state index in [2.05, 4.69) is 241 Å². The van der Waals surface area contributed by atoms with E-state index >= 15 is 0 Å². The first-order valence-electron chi connectivity index (χ1n) is 38.0. The van der Waals surface area contributed by atoms with Crippen molar-refractivity contribution < 1.29 is 0 Å². The lowest BCUT2D eigenvalue weighted by atomic mass is 10.0. The molecule has 1 atom stereocenters. The zero-order valence-electron chi connectivity index (χ0n) is 67.7. The smallest absolute Gasteiger partial charge is 0.251 e. The van der Waals surface area contributed by atoms with E-state index in [0.29, 0.717) is 0 Å². The van der Waals surface area contributed by atoms with Gasteiger partial charge in [-0.15, -0.1) is 0 Å². The number of aromatic amines is 1. The van der Waals surface area contributed by atoms with E-state index in [1.54, 1.807) is 17.3 Å². The van der Waals surface area contributed by atoms with Crippen molar-refractivity contribution in [3.05, 3.63) is 340 Å². The number of nitrogens with one attached hydrogen (secondary N) is 1. The molecule has 0 fully saturated rings. The predicted octanol–water partition coefficient (Wildman–Crippen LogP) is 28.6. The number of benzene rings is 9. The Hall–Kier alpha value is -10.5. The number of nitrogens with zero attached hydrogens (tertiary/aromatic N) is 5. The SMILES string of the molecule is CC.CC.CC.CC.CC.CC.CC.CC.CC1CCc2ccccc21.Cc1cc2ccccc2[nH]c1=O.Cc1ccc2ccccc2c1.Cc1ccc2cccnc2c1.Cc1ccc2cnccc2n1.Cc1cccc2ccccc12.Cc1cccc2cccnc12.Cc1cnc2ccccc2c1. The monoisotopic (exact) mass is 1390 g/mol. The highest BCUT2D eigenvalue weighted by atomic mass is 16.1. The summed E-state index contributed by atoms with van der Waals surface area (Å²) in [6.45, 7) is 48.6. The molecule has 6 heterocycles. The number of hydrogen-bond acceptors (Lipinski definition) is 6. The van der Waals surface area contributed by atoms with E-state index in [9.17, 15) is 4.79 Å². The van der Waals surface area contributed by atoms with E-state index < -0.39 is 0 Å². The number of aromatic nitrogens is 6. The summed E-state index contributed by atoms with van der Waals surface area (Å²) in [6.07, 6.45) is 11.8. The Morgan fingerprint density at radius 3 is 1.51 bits per heavy atom. The molecule has 0 bridgehead atoms. The Kier molecular flexibility index (Phi) is 48.5. The first kappa shape index (κ1) is 91.5. The maximum atomic E-state index is 11.2. The third-order valence-electron chi connectivity index (χ3n) is 15.2. The van der Waals surface area contributed by atoms with Gasteiger partial charge in [0.2, 0.25) is 0 Å². The van der Waals surface area contributed by atoms with Gasteiger partial charge in [-0.25, -0.2) is 0 Å². The van der Waals surface area contributed by atoms with Gasteiger partial charge in [0, 0.05) is 69.3 Å². The molecular formula is C97H124N6O. The van der Waals surface area contributed by atoms with Gasteiger partial charge in [-0.1, -0.05) is 311 Å². The molecule has 1 aliphatic carbocycles. The van der Waals surface area contributed by atoms with Crippen molar-refractivity contribution in [2.45, 2.75) is 185 Å². The molecule has 0 saturated carbocycles. The molecule has 0 amide bonds. The van der Waals surface area contributed by atoms with Crippen LogP contribution in [0.5, 0.6) is 0 Å². The molecule has 0 aliphatic heterocycles. The molecule has 0 saturated heterocycles. The summed E-state index contributed by atoms with van der Waals surface area (Å²) in [6, 6.07) is 85.0. The maximum absolute atomic E-state index is 11.2. The van der Waals surface area contributed by atoms with Crippen LogP contribution in [-0.4, -0.2) is 29.9 Å². The van der Waals surface area contributed by atoms with Crippen LogP contribution in [0.4, 0.5) is 0 Å². The summed E-state index contributed by atoms with van der Waals surface area (Å²) in [4.78, 5) is 35.1. The Morgan fingerprint density at radius 1 is 0.337 bits per heavy atom. The van der Waals surface area contributed by atoms with Gasteiger partial charge >= 0.3 is 0 Å². The van der Waals surface area contributed by atoms with Gasteiger partial charge < -0.3 is 4.98 Å². The van der Waals surface area contributed by atoms with Crippen LogP contribution in [-0.2, 0) is 6.42 Å². The molecule has 6 aromatic heterocycles. The van der Waals surface area contributed by atoms with Gasteiger partial charge in [0.25, 0.3) is 5.56 Å². The fourth-order valence-corrected chi connectivity index (χ4v) is 10.4. The predicted molar refractivity (Wildman–Crippen MR) is 464 cm³/mol. The zero-order chi connectivity index (χ0) is 77.6. The van der Waals surface area contributed by atoms with Gasteiger partial charge in [-0.3, -0.25) is 29.7 Å². The van der Waals surface area contributed by atoms with Crippen LogP contribution in [0.15, 0.2) is 284 Å². The highest BCUT2D eigenvalue weighted by Gasteiger charge is 2.16. The average Bonchev–Trinajstić information content (AvgIpc) is 1.27. The second kappa shape index (κ2) is 55.2. The van der Waals surface area contributed by atoms with Crippen LogP contribution < -0.4 is 5.56 Å². The fraction of sp³-hybridized carbons (Fsp3) is 0.278. The molecule has 15 aromatic rings. The third-order valence-corrected chi connectivity index (χ3v) is 15.2. The molecule has 0 radical (unpaired) electrons. The third kappa shape index (κ3) is 31.4. The fourth-order valence-electron chi connectivity index (χ4n) is 10.4. The minimum absolute atomic E-state index is 0.00583. The Bertz CT molecular complexity index is 4390. The Labute approximate surface area is 627 Å². The number of rotatable bonds is 0. The highest BCUT2D eigenvalue weighted by molar-refractivity contribution is 5.86. The van der Waals surface area contributed by atoms with Crippen LogP contribution >= 0.6 is 0 Å². The van der Waals surface area contributed by atoms with Gasteiger partial charge in [0.1, 0.15) is 0 Å². The van der Waals surface area contributed by atoms with Gasteiger partial charge in [-0.2, -0.15) is 0 Å². The number of para-hydroxylation sites is 3. The van der Waals surface area contributed by atoms with Gasteiger partial charge in [-0.05, 0) is 188 Å².